The topological polar surface area (TPSA) is 182 Å². The molecule has 0 saturated heterocycles. The number of anilines is 2. The standard InChI is InChI=1S/C26H30N6O8/c1-5-27-24(36)18-12-32-22(16(18)4)23(28-13-29-32)30-19-11-17(8-7-15(19)3)25(37)31(6-2)26(38)40-14-39-21(35)10-9-20(33)34/h7-8,11-13H,5-6,9-10,14H2,1-4H3,(H,27,36)(H,33,34)(H,28,29,30). The molecule has 1 aromatic carbocycles. The van der Waals surface area contributed by atoms with Gasteiger partial charge in [0, 0.05) is 30.5 Å². The van der Waals surface area contributed by atoms with Gasteiger partial charge in [-0.2, -0.15) is 5.10 Å². The minimum atomic E-state index is -1.17. The lowest BCUT2D eigenvalue weighted by Gasteiger charge is -2.19. The number of rotatable bonds is 11. The van der Waals surface area contributed by atoms with Crippen LogP contribution >= 0.6 is 0 Å². The highest BCUT2D eigenvalue weighted by molar-refractivity contribution is 6.04. The maximum absolute atomic E-state index is 13.2. The van der Waals surface area contributed by atoms with Crippen molar-refractivity contribution in [3.63, 3.8) is 0 Å². The summed E-state index contributed by atoms with van der Waals surface area (Å²) in [5.41, 5.74) is 3.18. The molecule has 3 amide bonds. The minimum absolute atomic E-state index is 0.0280. The van der Waals surface area contributed by atoms with Gasteiger partial charge in [0.2, 0.25) is 6.79 Å². The Labute approximate surface area is 229 Å². The van der Waals surface area contributed by atoms with Crippen LogP contribution in [0.25, 0.3) is 5.52 Å². The lowest BCUT2D eigenvalue weighted by Crippen LogP contribution is -2.37. The van der Waals surface area contributed by atoms with Gasteiger partial charge in [0.1, 0.15) is 11.8 Å². The second-order valence-corrected chi connectivity index (χ2v) is 8.57. The van der Waals surface area contributed by atoms with E-state index in [-0.39, 0.29) is 24.4 Å². The number of aryl methyl sites for hydroxylation is 2. The van der Waals surface area contributed by atoms with Crippen molar-refractivity contribution in [2.24, 2.45) is 0 Å². The van der Waals surface area contributed by atoms with Gasteiger partial charge in [-0.3, -0.25) is 19.2 Å². The number of carbonyl (C=O) groups is 5. The van der Waals surface area contributed by atoms with Crippen molar-refractivity contribution in [3.8, 4) is 0 Å². The first-order valence-corrected chi connectivity index (χ1v) is 12.4. The van der Waals surface area contributed by atoms with Gasteiger partial charge in [0.25, 0.3) is 11.8 Å². The Morgan fingerprint density at radius 3 is 2.50 bits per heavy atom. The third kappa shape index (κ3) is 6.89. The molecule has 0 bridgehead atoms. The van der Waals surface area contributed by atoms with Crippen molar-refractivity contribution in [1.29, 1.82) is 0 Å². The average molecular weight is 555 g/mol. The van der Waals surface area contributed by atoms with Crippen molar-refractivity contribution in [2.45, 2.75) is 40.5 Å². The van der Waals surface area contributed by atoms with E-state index >= 15 is 0 Å². The monoisotopic (exact) mass is 554 g/mol. The first-order chi connectivity index (χ1) is 19.1. The van der Waals surface area contributed by atoms with Gasteiger partial charge in [-0.25, -0.2) is 19.2 Å². The van der Waals surface area contributed by atoms with E-state index in [1.165, 1.54) is 6.33 Å². The maximum Gasteiger partial charge on any atom is 0.419 e. The number of nitrogens with zero attached hydrogens (tertiary/aromatic N) is 4. The number of amides is 3. The predicted molar refractivity (Wildman–Crippen MR) is 141 cm³/mol. The molecule has 3 rings (SSSR count). The van der Waals surface area contributed by atoms with Crippen LogP contribution in [0.15, 0.2) is 30.7 Å². The van der Waals surface area contributed by atoms with Crippen LogP contribution in [0.3, 0.4) is 0 Å². The van der Waals surface area contributed by atoms with E-state index in [0.29, 0.717) is 34.7 Å². The molecule has 0 aliphatic carbocycles. The zero-order valence-corrected chi connectivity index (χ0v) is 22.5. The van der Waals surface area contributed by atoms with Gasteiger partial charge in [-0.1, -0.05) is 6.07 Å². The number of carboxylic acids is 1. The lowest BCUT2D eigenvalue weighted by atomic mass is 10.1. The summed E-state index contributed by atoms with van der Waals surface area (Å²) >= 11 is 0. The van der Waals surface area contributed by atoms with E-state index in [2.05, 4.69) is 25.5 Å². The Morgan fingerprint density at radius 2 is 1.82 bits per heavy atom. The summed E-state index contributed by atoms with van der Waals surface area (Å²) in [4.78, 5) is 65.3. The van der Waals surface area contributed by atoms with E-state index in [1.807, 2.05) is 13.8 Å². The Bertz CT molecular complexity index is 1450. The maximum atomic E-state index is 13.2. The molecule has 212 valence electrons. The van der Waals surface area contributed by atoms with Gasteiger partial charge >= 0.3 is 18.0 Å². The van der Waals surface area contributed by atoms with Crippen molar-refractivity contribution < 1.29 is 38.6 Å². The SMILES string of the molecule is CCNC(=O)c1cn2ncnc(Nc3cc(C(=O)N(CC)C(=O)OCOC(=O)CCC(=O)O)ccc3C)c2c1C. The van der Waals surface area contributed by atoms with Gasteiger partial charge in [-0.15, -0.1) is 0 Å². The summed E-state index contributed by atoms with van der Waals surface area (Å²) in [7, 11) is 0. The Kier molecular flexibility index (Phi) is 9.73. The summed E-state index contributed by atoms with van der Waals surface area (Å²) in [6.45, 7) is 6.69. The molecule has 3 aromatic rings. The summed E-state index contributed by atoms with van der Waals surface area (Å²) in [5, 5.41) is 18.8. The van der Waals surface area contributed by atoms with Crippen LogP contribution < -0.4 is 10.6 Å². The molecule has 0 aliphatic heterocycles. The molecule has 0 saturated carbocycles. The van der Waals surface area contributed by atoms with Gasteiger partial charge in [0.15, 0.2) is 5.82 Å². The second kappa shape index (κ2) is 13.2. The largest absolute Gasteiger partial charge is 0.481 e. The number of aromatic nitrogens is 3. The molecule has 40 heavy (non-hydrogen) atoms. The zero-order valence-electron chi connectivity index (χ0n) is 22.5. The van der Waals surface area contributed by atoms with Gasteiger partial charge < -0.3 is 25.2 Å². The Balaban J connectivity index is 1.78. The van der Waals surface area contributed by atoms with Crippen molar-refractivity contribution >= 4 is 46.9 Å². The van der Waals surface area contributed by atoms with E-state index in [4.69, 9.17) is 9.84 Å². The highest BCUT2D eigenvalue weighted by Gasteiger charge is 2.24. The molecular formula is C26H30N6O8. The molecule has 14 nitrogen and oxygen atoms in total. The molecule has 3 N–H and O–H groups in total. The second-order valence-electron chi connectivity index (χ2n) is 8.57. The summed E-state index contributed by atoms with van der Waals surface area (Å²) in [5.74, 6) is -2.50. The van der Waals surface area contributed by atoms with Crippen molar-refractivity contribution in [3.05, 3.63) is 53.0 Å². The number of imide groups is 1. The summed E-state index contributed by atoms with van der Waals surface area (Å²) in [6, 6.07) is 4.81. The number of carbonyl (C=O) groups excluding carboxylic acids is 4. The highest BCUT2D eigenvalue weighted by atomic mass is 16.7. The fourth-order valence-electron chi connectivity index (χ4n) is 3.77. The fourth-order valence-corrected chi connectivity index (χ4v) is 3.77. The number of ether oxygens (including phenoxy) is 2. The molecular weight excluding hydrogens is 524 g/mol. The average Bonchev–Trinajstić information content (AvgIpc) is 3.26. The van der Waals surface area contributed by atoms with E-state index in [0.717, 1.165) is 10.5 Å². The van der Waals surface area contributed by atoms with Crippen LogP contribution in [0.1, 0.15) is 58.5 Å². The van der Waals surface area contributed by atoms with Crippen LogP contribution in [0.4, 0.5) is 16.3 Å². The van der Waals surface area contributed by atoms with Crippen molar-refractivity contribution in [1.82, 2.24) is 24.8 Å². The van der Waals surface area contributed by atoms with E-state index in [9.17, 15) is 24.0 Å². The zero-order chi connectivity index (χ0) is 29.4. The predicted octanol–water partition coefficient (Wildman–Crippen LogP) is 2.80. The number of carboxylic acid groups (broad SMARTS) is 1. The molecule has 2 aromatic heterocycles. The number of benzene rings is 1. The molecule has 0 radical (unpaired) electrons. The van der Waals surface area contributed by atoms with Crippen LogP contribution in [0.2, 0.25) is 0 Å². The first-order valence-electron chi connectivity index (χ1n) is 12.4. The quantitative estimate of drug-likeness (QED) is 0.234. The van der Waals surface area contributed by atoms with E-state index in [1.54, 1.807) is 42.8 Å². The number of hydrogen-bond acceptors (Lipinski definition) is 10. The smallest absolute Gasteiger partial charge is 0.419 e. The Hall–Kier alpha value is -5.01. The molecule has 0 atom stereocenters. The normalized spacial score (nSPS) is 10.6. The summed E-state index contributed by atoms with van der Waals surface area (Å²) < 4.78 is 11.1. The molecule has 0 unspecified atom stereocenters. The highest BCUT2D eigenvalue weighted by Crippen LogP contribution is 2.28. The van der Waals surface area contributed by atoms with E-state index < -0.39 is 37.2 Å². The lowest BCUT2D eigenvalue weighted by molar-refractivity contribution is -0.154. The number of aliphatic carboxylic acids is 1. The van der Waals surface area contributed by atoms with Crippen LogP contribution in [-0.4, -0.2) is 74.3 Å². The number of esters is 1. The van der Waals surface area contributed by atoms with Crippen LogP contribution in [-0.2, 0) is 19.1 Å². The number of nitrogens with one attached hydrogen (secondary N) is 2. The molecule has 0 spiro atoms. The third-order valence-corrected chi connectivity index (χ3v) is 5.87. The number of fused-ring (bicyclic) bond motifs is 1. The van der Waals surface area contributed by atoms with Gasteiger partial charge in [0.05, 0.1) is 18.4 Å². The first kappa shape index (κ1) is 29.5. The number of hydrogen-bond donors (Lipinski definition) is 3. The minimum Gasteiger partial charge on any atom is -0.481 e. The fraction of sp³-hybridized carbons (Fsp3) is 0.346. The van der Waals surface area contributed by atoms with Crippen molar-refractivity contribution in [2.75, 3.05) is 25.2 Å². The molecule has 14 heteroatoms. The molecule has 0 fully saturated rings. The molecule has 0 aliphatic rings. The van der Waals surface area contributed by atoms with Crippen LogP contribution in [0.5, 0.6) is 0 Å². The molecule has 2 heterocycles. The Morgan fingerprint density at radius 1 is 1.07 bits per heavy atom. The summed E-state index contributed by atoms with van der Waals surface area (Å²) in [6.07, 6.45) is 1.12. The van der Waals surface area contributed by atoms with Crippen LogP contribution in [0, 0.1) is 13.8 Å². The third-order valence-electron chi connectivity index (χ3n) is 5.87. The van der Waals surface area contributed by atoms with Gasteiger partial charge in [-0.05, 0) is 51.0 Å².